The van der Waals surface area contributed by atoms with Gasteiger partial charge in [0.25, 0.3) is 0 Å². The van der Waals surface area contributed by atoms with Crippen molar-refractivity contribution in [3.8, 4) is 16.9 Å². The second-order valence-corrected chi connectivity index (χ2v) is 6.13. The highest BCUT2D eigenvalue weighted by Gasteiger charge is 2.14. The van der Waals surface area contributed by atoms with Gasteiger partial charge in [-0.1, -0.05) is 78.9 Å². The van der Waals surface area contributed by atoms with Crippen LogP contribution in [0.1, 0.15) is 12.0 Å². The lowest BCUT2D eigenvalue weighted by atomic mass is 10.1. The van der Waals surface area contributed by atoms with Gasteiger partial charge in [0.1, 0.15) is 5.75 Å². The van der Waals surface area contributed by atoms with E-state index in [0.717, 1.165) is 18.6 Å². The summed E-state index contributed by atoms with van der Waals surface area (Å²) < 4.78 is 5.55. The molecule has 113 valence electrons. The van der Waals surface area contributed by atoms with E-state index in [4.69, 9.17) is 4.74 Å². The number of aryl methyl sites for hydroxylation is 1. The first-order valence-electron chi connectivity index (χ1n) is 7.89. The number of ether oxygens (including phenoxy) is 1. The fourth-order valence-corrected chi connectivity index (χ4v) is 2.86. The Morgan fingerprint density at radius 3 is 1.83 bits per heavy atom. The number of fused-ring (bicyclic) bond motifs is 1. The Morgan fingerprint density at radius 1 is 0.696 bits per heavy atom. The average molecular weight is 315 g/mol. The van der Waals surface area contributed by atoms with E-state index in [2.05, 4.69) is 70.9 Å². The summed E-state index contributed by atoms with van der Waals surface area (Å²) >= 11 is 0. The van der Waals surface area contributed by atoms with Crippen LogP contribution in [0.2, 0.25) is 0 Å². The molecule has 2 heteroatoms. The zero-order valence-corrected chi connectivity index (χ0v) is 14.0. The Morgan fingerprint density at radius 2 is 1.22 bits per heavy atom. The summed E-state index contributed by atoms with van der Waals surface area (Å²) in [5.74, 6) is 1.03. The molecule has 4 rings (SSSR count). The third-order valence-electron chi connectivity index (χ3n) is 3.80. The Bertz CT molecular complexity index is 688. The minimum Gasteiger partial charge on any atom is -0.495 e. The van der Waals surface area contributed by atoms with Crippen molar-refractivity contribution in [1.29, 1.82) is 0 Å². The van der Waals surface area contributed by atoms with E-state index >= 15 is 0 Å². The van der Waals surface area contributed by atoms with Crippen LogP contribution >= 0.6 is 0 Å². The molecule has 0 fully saturated rings. The lowest BCUT2D eigenvalue weighted by Crippen LogP contribution is -2.22. The van der Waals surface area contributed by atoms with E-state index in [-0.39, 0.29) is 5.73 Å². The molecule has 3 aromatic rings. The molecule has 1 aliphatic heterocycles. The van der Waals surface area contributed by atoms with Crippen molar-refractivity contribution in [1.82, 2.24) is 0 Å². The molecule has 1 nitrogen and oxygen atoms in total. The molecule has 1 unspecified atom stereocenters. The van der Waals surface area contributed by atoms with E-state index in [9.17, 15) is 0 Å². The molecular formula is C21H19OSi. The second-order valence-electron chi connectivity index (χ2n) is 5.48. The number of rotatable bonds is 1. The van der Waals surface area contributed by atoms with Crippen molar-refractivity contribution >= 4 is 10.2 Å². The molecule has 0 aromatic heterocycles. The van der Waals surface area contributed by atoms with E-state index in [0.29, 0.717) is 0 Å². The van der Waals surface area contributed by atoms with Gasteiger partial charge in [0.2, 0.25) is 0 Å². The minimum atomic E-state index is 0.199. The SMILES string of the molecule is [Si]C1CCc2ccccc2O1.c1ccc(-c2ccccc2)cc1. The maximum atomic E-state index is 5.55. The highest BCUT2D eigenvalue weighted by Crippen LogP contribution is 2.25. The van der Waals surface area contributed by atoms with Crippen molar-refractivity contribution < 1.29 is 4.74 Å². The van der Waals surface area contributed by atoms with Crippen molar-refractivity contribution in [3.63, 3.8) is 0 Å². The Balaban J connectivity index is 0.000000136. The molecule has 0 spiro atoms. The molecule has 3 radical (unpaired) electrons. The van der Waals surface area contributed by atoms with Crippen molar-refractivity contribution in [2.75, 3.05) is 0 Å². The predicted octanol–water partition coefficient (Wildman–Crippen LogP) is 4.86. The Labute approximate surface area is 141 Å². The molecule has 3 aromatic carbocycles. The van der Waals surface area contributed by atoms with Crippen LogP contribution in [0.15, 0.2) is 84.9 Å². The van der Waals surface area contributed by atoms with Crippen LogP contribution in [0.5, 0.6) is 5.75 Å². The van der Waals surface area contributed by atoms with Gasteiger partial charge in [-0.05, 0) is 35.6 Å². The summed E-state index contributed by atoms with van der Waals surface area (Å²) in [4.78, 5) is 0. The van der Waals surface area contributed by atoms with Gasteiger partial charge in [0, 0.05) is 0 Å². The predicted molar refractivity (Wildman–Crippen MR) is 96.8 cm³/mol. The van der Waals surface area contributed by atoms with Crippen LogP contribution in [0.4, 0.5) is 0 Å². The molecule has 0 N–H and O–H groups in total. The second kappa shape index (κ2) is 7.79. The van der Waals surface area contributed by atoms with E-state index in [1.54, 1.807) is 0 Å². The van der Waals surface area contributed by atoms with Crippen LogP contribution in [-0.4, -0.2) is 16.0 Å². The molecule has 1 heterocycles. The summed E-state index contributed by atoms with van der Waals surface area (Å²) in [7, 11) is 3.48. The van der Waals surface area contributed by atoms with Crippen molar-refractivity contribution in [2.45, 2.75) is 18.6 Å². The fourth-order valence-electron chi connectivity index (χ4n) is 2.59. The lowest BCUT2D eigenvalue weighted by molar-refractivity contribution is 0.248. The van der Waals surface area contributed by atoms with Gasteiger partial charge in [-0.3, -0.25) is 0 Å². The van der Waals surface area contributed by atoms with Crippen LogP contribution in [0.25, 0.3) is 11.1 Å². The van der Waals surface area contributed by atoms with E-state index in [1.807, 2.05) is 24.3 Å². The van der Waals surface area contributed by atoms with Gasteiger partial charge in [-0.25, -0.2) is 0 Å². The lowest BCUT2D eigenvalue weighted by Gasteiger charge is -2.22. The summed E-state index contributed by atoms with van der Waals surface area (Å²) in [6, 6.07) is 29.0. The molecule has 0 bridgehead atoms. The zero-order valence-electron chi connectivity index (χ0n) is 13.0. The average Bonchev–Trinajstić information content (AvgIpc) is 2.64. The fraction of sp³-hybridized carbons (Fsp3) is 0.143. The van der Waals surface area contributed by atoms with Crippen molar-refractivity contribution in [2.24, 2.45) is 0 Å². The van der Waals surface area contributed by atoms with Gasteiger partial charge in [-0.15, -0.1) is 0 Å². The largest absolute Gasteiger partial charge is 0.495 e. The molecule has 1 atom stereocenters. The summed E-state index contributed by atoms with van der Waals surface area (Å²) in [5, 5.41) is 0. The van der Waals surface area contributed by atoms with Crippen LogP contribution in [-0.2, 0) is 6.42 Å². The molecule has 0 aliphatic carbocycles. The summed E-state index contributed by atoms with van der Waals surface area (Å²) in [6.45, 7) is 0. The van der Waals surface area contributed by atoms with Crippen molar-refractivity contribution in [3.05, 3.63) is 90.5 Å². The molecule has 0 saturated heterocycles. The third kappa shape index (κ3) is 4.33. The number of hydrogen-bond acceptors (Lipinski definition) is 1. The minimum absolute atomic E-state index is 0.199. The van der Waals surface area contributed by atoms with Crippen LogP contribution < -0.4 is 4.74 Å². The molecule has 23 heavy (non-hydrogen) atoms. The quantitative estimate of drug-likeness (QED) is 0.583. The molecule has 0 amide bonds. The number of para-hydroxylation sites is 1. The zero-order chi connectivity index (χ0) is 15.9. The van der Waals surface area contributed by atoms with Gasteiger partial charge < -0.3 is 4.74 Å². The first kappa shape index (κ1) is 15.6. The van der Waals surface area contributed by atoms with E-state index in [1.165, 1.54) is 16.7 Å². The van der Waals surface area contributed by atoms with Gasteiger partial charge in [-0.2, -0.15) is 0 Å². The number of hydrogen-bond donors (Lipinski definition) is 0. The standard InChI is InChI=1S/C12H10.C9H9OSi/c1-3-7-11(8-4-1)12-9-5-2-6-10-12;11-9-6-5-7-3-1-2-4-8(7)10-9/h1-10H;1-4,9H,5-6H2. The highest BCUT2D eigenvalue weighted by atomic mass is 28.1. The molecular weight excluding hydrogens is 296 g/mol. The monoisotopic (exact) mass is 315 g/mol. The van der Waals surface area contributed by atoms with Gasteiger partial charge >= 0.3 is 0 Å². The normalized spacial score (nSPS) is 15.6. The highest BCUT2D eigenvalue weighted by molar-refractivity contribution is 6.11. The van der Waals surface area contributed by atoms with Gasteiger partial charge in [0.15, 0.2) is 0 Å². The first-order chi connectivity index (χ1) is 11.3. The Kier molecular flexibility index (Phi) is 5.28. The number of benzene rings is 3. The third-order valence-corrected chi connectivity index (χ3v) is 4.21. The molecule has 1 aliphatic rings. The van der Waals surface area contributed by atoms with Gasteiger partial charge in [0.05, 0.1) is 16.0 Å². The maximum absolute atomic E-state index is 5.55. The summed E-state index contributed by atoms with van der Waals surface area (Å²) in [6.07, 6.45) is 2.18. The summed E-state index contributed by atoms with van der Waals surface area (Å²) in [5.41, 5.74) is 4.07. The topological polar surface area (TPSA) is 9.23 Å². The smallest absolute Gasteiger partial charge is 0.122 e. The van der Waals surface area contributed by atoms with Crippen LogP contribution in [0, 0.1) is 0 Å². The van der Waals surface area contributed by atoms with Crippen LogP contribution in [0.3, 0.4) is 0 Å². The van der Waals surface area contributed by atoms with E-state index < -0.39 is 0 Å². The Hall–Kier alpha value is -2.32. The molecule has 0 saturated carbocycles. The first-order valence-corrected chi connectivity index (χ1v) is 8.47. The maximum Gasteiger partial charge on any atom is 0.122 e.